The lowest BCUT2D eigenvalue weighted by atomic mass is 9.81. The number of nitrogens with zero attached hydrogens (tertiary/aromatic N) is 1. The van der Waals surface area contributed by atoms with Gasteiger partial charge in [0.15, 0.2) is 6.61 Å². The Balaban J connectivity index is 1.24. The highest BCUT2D eigenvalue weighted by Crippen LogP contribution is 2.56. The van der Waals surface area contributed by atoms with Crippen molar-refractivity contribution < 1.29 is 28.3 Å². The lowest BCUT2D eigenvalue weighted by Gasteiger charge is -2.19. The van der Waals surface area contributed by atoms with Crippen molar-refractivity contribution in [1.82, 2.24) is 0 Å². The summed E-state index contributed by atoms with van der Waals surface area (Å²) >= 11 is 0. The van der Waals surface area contributed by atoms with E-state index in [1.165, 1.54) is 41.3 Å². The second kappa shape index (κ2) is 7.85. The second-order valence-electron chi connectivity index (χ2n) is 8.58. The van der Waals surface area contributed by atoms with Gasteiger partial charge in [0.1, 0.15) is 5.82 Å². The molecule has 2 aromatic rings. The van der Waals surface area contributed by atoms with Crippen LogP contribution in [0.15, 0.2) is 48.5 Å². The summed E-state index contributed by atoms with van der Waals surface area (Å²) in [5.41, 5.74) is 0.858. The van der Waals surface area contributed by atoms with Gasteiger partial charge in [0.2, 0.25) is 11.8 Å². The molecule has 2 saturated carbocycles. The van der Waals surface area contributed by atoms with Crippen molar-refractivity contribution in [1.29, 1.82) is 0 Å². The summed E-state index contributed by atoms with van der Waals surface area (Å²) in [7, 11) is 0. The maximum atomic E-state index is 13.0. The van der Waals surface area contributed by atoms with E-state index in [0.717, 1.165) is 19.3 Å². The first-order valence-corrected chi connectivity index (χ1v) is 10.6. The van der Waals surface area contributed by atoms with Gasteiger partial charge in [-0.1, -0.05) is 6.07 Å². The molecule has 0 spiro atoms. The molecule has 0 radical (unpaired) electrons. The predicted molar refractivity (Wildman–Crippen MR) is 112 cm³/mol. The van der Waals surface area contributed by atoms with Gasteiger partial charge in [-0.15, -0.1) is 0 Å². The average molecular weight is 436 g/mol. The number of hydrogen-bond donors (Lipinski definition) is 1. The fraction of sp³-hybridized carbons (Fsp3) is 0.333. The van der Waals surface area contributed by atoms with Crippen LogP contribution in [0.3, 0.4) is 0 Å². The van der Waals surface area contributed by atoms with Crippen molar-refractivity contribution in [2.75, 3.05) is 16.8 Å². The number of imide groups is 1. The van der Waals surface area contributed by atoms with E-state index in [1.54, 1.807) is 12.1 Å². The summed E-state index contributed by atoms with van der Waals surface area (Å²) in [6.07, 6.45) is 2.93. The fourth-order valence-electron chi connectivity index (χ4n) is 5.38. The zero-order valence-corrected chi connectivity index (χ0v) is 17.1. The maximum absolute atomic E-state index is 13.0. The van der Waals surface area contributed by atoms with E-state index in [0.29, 0.717) is 11.4 Å². The van der Waals surface area contributed by atoms with Crippen LogP contribution in [-0.4, -0.2) is 30.3 Å². The first-order chi connectivity index (χ1) is 15.4. The van der Waals surface area contributed by atoms with E-state index in [4.69, 9.17) is 4.74 Å². The Kier molecular flexibility index (Phi) is 5.00. The topological polar surface area (TPSA) is 92.8 Å². The molecule has 1 saturated heterocycles. The molecule has 5 rings (SSSR count). The first kappa shape index (κ1) is 20.4. The van der Waals surface area contributed by atoms with Gasteiger partial charge in [0, 0.05) is 5.69 Å². The molecule has 2 aliphatic carbocycles. The first-order valence-electron chi connectivity index (χ1n) is 10.6. The highest BCUT2D eigenvalue weighted by atomic mass is 19.1. The molecule has 1 heterocycles. The summed E-state index contributed by atoms with van der Waals surface area (Å²) < 4.78 is 18.0. The standard InChI is InChI=1S/C24H21FN2O5/c25-16-6-8-17(9-7-16)26-19(28)12-32-24(31)15-2-1-3-18(11-15)27-22(29)20-13-4-5-14(10-13)21(20)23(27)30/h1-3,6-9,11,13-14,20-21H,4-5,10,12H2,(H,26,28)/t13-,14-,20-,21+/m0/s1. The van der Waals surface area contributed by atoms with Crippen molar-refractivity contribution in [3.8, 4) is 0 Å². The van der Waals surface area contributed by atoms with Crippen LogP contribution in [0.2, 0.25) is 0 Å². The van der Waals surface area contributed by atoms with E-state index in [-0.39, 0.29) is 41.0 Å². The molecule has 7 nitrogen and oxygen atoms in total. The van der Waals surface area contributed by atoms with Crippen LogP contribution < -0.4 is 10.2 Å². The van der Waals surface area contributed by atoms with Crippen LogP contribution in [0.4, 0.5) is 15.8 Å². The number of ether oxygens (including phenoxy) is 1. The molecular formula is C24H21FN2O5. The smallest absolute Gasteiger partial charge is 0.338 e. The van der Waals surface area contributed by atoms with Crippen LogP contribution in [0, 0.1) is 29.5 Å². The zero-order chi connectivity index (χ0) is 22.4. The zero-order valence-electron chi connectivity index (χ0n) is 17.1. The Morgan fingerprint density at radius 3 is 2.31 bits per heavy atom. The van der Waals surface area contributed by atoms with Gasteiger partial charge in [-0.25, -0.2) is 9.18 Å². The Morgan fingerprint density at radius 1 is 1.00 bits per heavy atom. The number of benzene rings is 2. The van der Waals surface area contributed by atoms with Crippen molar-refractivity contribution in [3.05, 3.63) is 59.9 Å². The maximum Gasteiger partial charge on any atom is 0.338 e. The van der Waals surface area contributed by atoms with Crippen LogP contribution in [0.1, 0.15) is 29.6 Å². The molecule has 0 unspecified atom stereocenters. The predicted octanol–water partition coefficient (Wildman–Crippen LogP) is 3.16. The van der Waals surface area contributed by atoms with E-state index < -0.39 is 24.3 Å². The fourth-order valence-corrected chi connectivity index (χ4v) is 5.38. The van der Waals surface area contributed by atoms with Crippen molar-refractivity contribution in [3.63, 3.8) is 0 Å². The second-order valence-corrected chi connectivity index (χ2v) is 8.58. The lowest BCUT2D eigenvalue weighted by molar-refractivity contribution is -0.123. The van der Waals surface area contributed by atoms with Crippen molar-refractivity contribution in [2.45, 2.75) is 19.3 Å². The molecule has 2 aromatic carbocycles. The molecule has 2 bridgehead atoms. The summed E-state index contributed by atoms with van der Waals surface area (Å²) in [6.45, 7) is -0.532. The normalized spacial score (nSPS) is 25.7. The third-order valence-corrected chi connectivity index (χ3v) is 6.73. The Labute approximate surface area is 183 Å². The summed E-state index contributed by atoms with van der Waals surface area (Å²) in [5.74, 6) is -2.06. The number of halogens is 1. The van der Waals surface area contributed by atoms with Gasteiger partial charge >= 0.3 is 5.97 Å². The third-order valence-electron chi connectivity index (χ3n) is 6.73. The molecule has 3 fully saturated rings. The van der Waals surface area contributed by atoms with Crippen LogP contribution >= 0.6 is 0 Å². The summed E-state index contributed by atoms with van der Waals surface area (Å²) in [4.78, 5) is 51.6. The summed E-state index contributed by atoms with van der Waals surface area (Å²) in [6, 6.07) is 11.3. The van der Waals surface area contributed by atoms with Crippen LogP contribution in [-0.2, 0) is 19.1 Å². The monoisotopic (exact) mass is 436 g/mol. The number of nitrogens with one attached hydrogen (secondary N) is 1. The highest BCUT2D eigenvalue weighted by molar-refractivity contribution is 6.22. The minimum atomic E-state index is -0.750. The van der Waals surface area contributed by atoms with E-state index in [9.17, 15) is 23.6 Å². The lowest BCUT2D eigenvalue weighted by Crippen LogP contribution is -2.32. The van der Waals surface area contributed by atoms with Crippen molar-refractivity contribution >= 4 is 35.1 Å². The minimum Gasteiger partial charge on any atom is -0.452 e. The van der Waals surface area contributed by atoms with Crippen LogP contribution in [0.5, 0.6) is 0 Å². The molecule has 4 atom stereocenters. The highest BCUT2D eigenvalue weighted by Gasteiger charge is 2.61. The average Bonchev–Trinajstić information content (AvgIpc) is 3.47. The number of carbonyl (C=O) groups is 4. The van der Waals surface area contributed by atoms with Gasteiger partial charge in [-0.05, 0) is 73.6 Å². The largest absolute Gasteiger partial charge is 0.452 e. The van der Waals surface area contributed by atoms with Crippen molar-refractivity contribution in [2.24, 2.45) is 23.7 Å². The van der Waals surface area contributed by atoms with Gasteiger partial charge in [0.25, 0.3) is 5.91 Å². The van der Waals surface area contributed by atoms with Gasteiger partial charge in [-0.3, -0.25) is 19.3 Å². The number of hydrogen-bond acceptors (Lipinski definition) is 5. The minimum absolute atomic E-state index is 0.137. The quantitative estimate of drug-likeness (QED) is 0.574. The third kappa shape index (κ3) is 3.45. The van der Waals surface area contributed by atoms with Gasteiger partial charge in [0.05, 0.1) is 23.1 Å². The number of fused-ring (bicyclic) bond motifs is 5. The number of amides is 3. The molecule has 1 N–H and O–H groups in total. The number of rotatable bonds is 5. The van der Waals surface area contributed by atoms with E-state index >= 15 is 0 Å². The number of anilines is 2. The van der Waals surface area contributed by atoms with Gasteiger partial charge in [-0.2, -0.15) is 0 Å². The van der Waals surface area contributed by atoms with E-state index in [1.807, 2.05) is 0 Å². The Hall–Kier alpha value is -3.55. The molecule has 164 valence electrons. The number of esters is 1. The molecule has 0 aromatic heterocycles. The van der Waals surface area contributed by atoms with Crippen LogP contribution in [0.25, 0.3) is 0 Å². The Bertz CT molecular complexity index is 1090. The van der Waals surface area contributed by atoms with Gasteiger partial charge < -0.3 is 10.1 Å². The SMILES string of the molecule is O=C(COC(=O)c1cccc(N2C(=O)[C@@H]3[C@H]4CC[C@@H](C4)[C@@H]3C2=O)c1)Nc1ccc(F)cc1. The molecule has 32 heavy (non-hydrogen) atoms. The summed E-state index contributed by atoms with van der Waals surface area (Å²) in [5, 5.41) is 2.50. The Morgan fingerprint density at radius 2 is 1.66 bits per heavy atom. The molecule has 3 amide bonds. The molecule has 8 heteroatoms. The number of carbonyl (C=O) groups excluding carboxylic acids is 4. The molecule has 3 aliphatic rings. The molecular weight excluding hydrogens is 415 g/mol. The molecule has 1 aliphatic heterocycles. The van der Waals surface area contributed by atoms with E-state index in [2.05, 4.69) is 5.32 Å².